The van der Waals surface area contributed by atoms with Crippen LogP contribution in [0.25, 0.3) is 0 Å². The van der Waals surface area contributed by atoms with E-state index in [-0.39, 0.29) is 5.75 Å². The minimum Gasteiger partial charge on any atom is -0.508 e. The first-order chi connectivity index (χ1) is 9.46. The van der Waals surface area contributed by atoms with Crippen LogP contribution in [-0.2, 0) is 4.79 Å². The number of phenols is 1. The van der Waals surface area contributed by atoms with Gasteiger partial charge in [0.15, 0.2) is 0 Å². The third-order valence-electron chi connectivity index (χ3n) is 4.52. The predicted octanol–water partition coefficient (Wildman–Crippen LogP) is 3.03. The molecule has 4 heteroatoms. The van der Waals surface area contributed by atoms with E-state index < -0.39 is 11.4 Å². The first-order valence-electron chi connectivity index (χ1n) is 7.22. The van der Waals surface area contributed by atoms with Crippen molar-refractivity contribution >= 4 is 5.97 Å². The Morgan fingerprint density at radius 2 is 1.85 bits per heavy atom. The average molecular weight is 277 g/mol. The average Bonchev–Trinajstić information content (AvgIpc) is 2.43. The second-order valence-corrected chi connectivity index (χ2v) is 5.92. The lowest BCUT2D eigenvalue weighted by atomic mass is 9.80. The van der Waals surface area contributed by atoms with Gasteiger partial charge >= 0.3 is 5.97 Å². The van der Waals surface area contributed by atoms with E-state index in [1.807, 2.05) is 19.1 Å². The van der Waals surface area contributed by atoms with Gasteiger partial charge in [-0.2, -0.15) is 0 Å². The topological polar surface area (TPSA) is 60.8 Å². The van der Waals surface area contributed by atoms with Crippen molar-refractivity contribution in [2.75, 3.05) is 13.1 Å². The van der Waals surface area contributed by atoms with Crippen LogP contribution < -0.4 is 0 Å². The summed E-state index contributed by atoms with van der Waals surface area (Å²) < 4.78 is 0. The lowest BCUT2D eigenvalue weighted by Gasteiger charge is -2.40. The van der Waals surface area contributed by atoms with Crippen LogP contribution in [0.3, 0.4) is 0 Å². The summed E-state index contributed by atoms with van der Waals surface area (Å²) in [6.07, 6.45) is 2.36. The number of carbonyl (C=O) groups is 1. The molecule has 110 valence electrons. The Labute approximate surface area is 120 Å². The van der Waals surface area contributed by atoms with E-state index in [4.69, 9.17) is 0 Å². The molecule has 1 aliphatic heterocycles. The zero-order valence-corrected chi connectivity index (χ0v) is 12.2. The van der Waals surface area contributed by atoms with Gasteiger partial charge in [0.1, 0.15) is 5.75 Å². The maximum absolute atomic E-state index is 11.3. The molecule has 1 aliphatic rings. The van der Waals surface area contributed by atoms with E-state index in [0.717, 1.165) is 19.5 Å². The first kappa shape index (κ1) is 14.9. The molecule has 0 saturated carbocycles. The maximum atomic E-state index is 11.3. The Morgan fingerprint density at radius 1 is 1.30 bits per heavy atom. The van der Waals surface area contributed by atoms with Crippen molar-refractivity contribution in [2.24, 2.45) is 5.41 Å². The Balaban J connectivity index is 2.07. The van der Waals surface area contributed by atoms with Crippen molar-refractivity contribution in [1.29, 1.82) is 0 Å². The molecule has 4 nitrogen and oxygen atoms in total. The summed E-state index contributed by atoms with van der Waals surface area (Å²) in [4.78, 5) is 13.6. The van der Waals surface area contributed by atoms with Crippen molar-refractivity contribution < 1.29 is 15.0 Å². The van der Waals surface area contributed by atoms with E-state index in [1.165, 1.54) is 5.56 Å². The number of benzene rings is 1. The summed E-state index contributed by atoms with van der Waals surface area (Å²) in [6, 6.07) is 7.63. The molecule has 1 heterocycles. The molecule has 20 heavy (non-hydrogen) atoms. The Hall–Kier alpha value is -1.55. The molecule has 1 aromatic rings. The monoisotopic (exact) mass is 277 g/mol. The van der Waals surface area contributed by atoms with Crippen LogP contribution in [0, 0.1) is 5.41 Å². The first-order valence-corrected chi connectivity index (χ1v) is 7.22. The van der Waals surface area contributed by atoms with Gasteiger partial charge in [-0.25, -0.2) is 0 Å². The highest BCUT2D eigenvalue weighted by Crippen LogP contribution is 2.36. The van der Waals surface area contributed by atoms with Crippen LogP contribution in [-0.4, -0.2) is 34.2 Å². The van der Waals surface area contributed by atoms with Gasteiger partial charge in [0, 0.05) is 6.04 Å². The fourth-order valence-corrected chi connectivity index (χ4v) is 2.94. The van der Waals surface area contributed by atoms with E-state index in [0.29, 0.717) is 18.9 Å². The molecule has 1 fully saturated rings. The highest BCUT2D eigenvalue weighted by Gasteiger charge is 2.38. The molecule has 0 bridgehead atoms. The molecule has 1 aromatic carbocycles. The predicted molar refractivity (Wildman–Crippen MR) is 77.7 cm³/mol. The van der Waals surface area contributed by atoms with Crippen molar-refractivity contribution in [3.8, 4) is 5.75 Å². The highest BCUT2D eigenvalue weighted by molar-refractivity contribution is 5.74. The van der Waals surface area contributed by atoms with Gasteiger partial charge in [-0.05, 0) is 57.0 Å². The number of rotatable bonds is 4. The van der Waals surface area contributed by atoms with Gasteiger partial charge in [-0.3, -0.25) is 9.69 Å². The minimum absolute atomic E-state index is 0.278. The lowest BCUT2D eigenvalue weighted by Crippen LogP contribution is -2.44. The molecule has 0 aliphatic carbocycles. The Kier molecular flexibility index (Phi) is 4.33. The summed E-state index contributed by atoms with van der Waals surface area (Å²) in [5.41, 5.74) is 0.605. The maximum Gasteiger partial charge on any atom is 0.309 e. The molecule has 2 N–H and O–H groups in total. The molecule has 1 atom stereocenters. The van der Waals surface area contributed by atoms with Gasteiger partial charge in [0.05, 0.1) is 5.41 Å². The third-order valence-corrected chi connectivity index (χ3v) is 4.52. The van der Waals surface area contributed by atoms with Gasteiger partial charge in [0.2, 0.25) is 0 Å². The van der Waals surface area contributed by atoms with Crippen molar-refractivity contribution in [1.82, 2.24) is 4.90 Å². The number of phenolic OH excluding ortho intramolecular Hbond substituents is 1. The minimum atomic E-state index is -0.685. The number of hydrogen-bond donors (Lipinski definition) is 2. The standard InChI is InChI=1S/C16H23NO3/c1-3-14(12-4-6-13(18)7-5-12)17-10-8-16(2,9-11-17)15(19)20/h4-7,14,18H,3,8-11H2,1-2H3,(H,19,20). The molecule has 0 aromatic heterocycles. The number of carboxylic acid groups (broad SMARTS) is 1. The number of carboxylic acids is 1. The second kappa shape index (κ2) is 5.83. The van der Waals surface area contributed by atoms with Crippen LogP contribution in [0.4, 0.5) is 0 Å². The normalized spacial score (nSPS) is 20.5. The fourth-order valence-electron chi connectivity index (χ4n) is 2.94. The number of aromatic hydroxyl groups is 1. The smallest absolute Gasteiger partial charge is 0.309 e. The second-order valence-electron chi connectivity index (χ2n) is 5.92. The fraction of sp³-hybridized carbons (Fsp3) is 0.562. The SMILES string of the molecule is CCC(c1ccc(O)cc1)N1CCC(C)(C(=O)O)CC1. The van der Waals surface area contributed by atoms with E-state index in [9.17, 15) is 15.0 Å². The summed E-state index contributed by atoms with van der Waals surface area (Å²) in [5.74, 6) is -0.407. The Morgan fingerprint density at radius 3 is 2.30 bits per heavy atom. The van der Waals surface area contributed by atoms with Crippen LogP contribution in [0.2, 0.25) is 0 Å². The van der Waals surface area contributed by atoms with Gasteiger partial charge < -0.3 is 10.2 Å². The summed E-state index contributed by atoms with van der Waals surface area (Å²) in [5, 5.41) is 18.7. The zero-order valence-electron chi connectivity index (χ0n) is 12.2. The molecule has 2 rings (SSSR count). The van der Waals surface area contributed by atoms with Gasteiger partial charge in [-0.15, -0.1) is 0 Å². The summed E-state index contributed by atoms with van der Waals surface area (Å²) in [7, 11) is 0. The molecular weight excluding hydrogens is 254 g/mol. The van der Waals surface area contributed by atoms with Crippen LogP contribution in [0.1, 0.15) is 44.7 Å². The van der Waals surface area contributed by atoms with E-state index in [1.54, 1.807) is 12.1 Å². The van der Waals surface area contributed by atoms with Gasteiger partial charge in [0.25, 0.3) is 0 Å². The van der Waals surface area contributed by atoms with Gasteiger partial charge in [-0.1, -0.05) is 19.1 Å². The molecule has 0 radical (unpaired) electrons. The number of nitrogens with zero attached hydrogens (tertiary/aromatic N) is 1. The van der Waals surface area contributed by atoms with Crippen molar-refractivity contribution in [2.45, 2.75) is 39.2 Å². The third kappa shape index (κ3) is 2.96. The largest absolute Gasteiger partial charge is 0.508 e. The van der Waals surface area contributed by atoms with Crippen molar-refractivity contribution in [3.05, 3.63) is 29.8 Å². The molecule has 1 unspecified atom stereocenters. The summed E-state index contributed by atoms with van der Waals surface area (Å²) in [6.45, 7) is 5.60. The lowest BCUT2D eigenvalue weighted by molar-refractivity contribution is -0.151. The zero-order chi connectivity index (χ0) is 14.8. The molecule has 0 amide bonds. The number of piperidine rings is 1. The molecule has 1 saturated heterocycles. The van der Waals surface area contributed by atoms with Crippen molar-refractivity contribution in [3.63, 3.8) is 0 Å². The molecular formula is C16H23NO3. The number of likely N-dealkylation sites (tertiary alicyclic amines) is 1. The van der Waals surface area contributed by atoms with Crippen LogP contribution >= 0.6 is 0 Å². The number of aliphatic carboxylic acids is 1. The van der Waals surface area contributed by atoms with E-state index in [2.05, 4.69) is 11.8 Å². The summed E-state index contributed by atoms with van der Waals surface area (Å²) >= 11 is 0. The van der Waals surface area contributed by atoms with Crippen LogP contribution in [0.5, 0.6) is 5.75 Å². The highest BCUT2D eigenvalue weighted by atomic mass is 16.4. The van der Waals surface area contributed by atoms with E-state index >= 15 is 0 Å². The quantitative estimate of drug-likeness (QED) is 0.888. The molecule has 0 spiro atoms. The Bertz CT molecular complexity index is 461. The number of hydrogen-bond acceptors (Lipinski definition) is 3. The van der Waals surface area contributed by atoms with Crippen LogP contribution in [0.15, 0.2) is 24.3 Å².